The Balaban J connectivity index is 1.54. The van der Waals surface area contributed by atoms with Crippen LogP contribution in [-0.2, 0) is 0 Å². The summed E-state index contributed by atoms with van der Waals surface area (Å²) in [6.07, 6.45) is 6.50. The van der Waals surface area contributed by atoms with E-state index in [0.717, 1.165) is 30.6 Å². The van der Waals surface area contributed by atoms with Crippen molar-refractivity contribution in [1.29, 1.82) is 0 Å². The molecule has 3 aromatic heterocycles. The summed E-state index contributed by atoms with van der Waals surface area (Å²) < 4.78 is 13.4. The predicted molar refractivity (Wildman–Crippen MR) is 101 cm³/mol. The third-order valence-electron chi connectivity index (χ3n) is 4.77. The zero-order chi connectivity index (χ0) is 18.4. The van der Waals surface area contributed by atoms with Gasteiger partial charge in [-0.2, -0.15) is 0 Å². The SMILES string of the molecule is Cc1cn2cc(-c3cc4ccc(O[C@@H]5CCNC5)cc4oc3=O)nc2cn1. The summed E-state index contributed by atoms with van der Waals surface area (Å²) in [6, 6.07) is 7.39. The zero-order valence-electron chi connectivity index (χ0n) is 14.8. The highest BCUT2D eigenvalue weighted by Crippen LogP contribution is 2.25. The Kier molecular flexibility index (Phi) is 3.68. The average molecular weight is 362 g/mol. The van der Waals surface area contributed by atoms with E-state index in [9.17, 15) is 4.79 Å². The summed E-state index contributed by atoms with van der Waals surface area (Å²) in [7, 11) is 0. The van der Waals surface area contributed by atoms with Crippen LogP contribution in [0.3, 0.4) is 0 Å². The Morgan fingerprint density at radius 2 is 2.22 bits per heavy atom. The van der Waals surface area contributed by atoms with Crippen molar-refractivity contribution in [3.05, 3.63) is 59.0 Å². The Morgan fingerprint density at radius 1 is 1.30 bits per heavy atom. The van der Waals surface area contributed by atoms with Gasteiger partial charge in [0.25, 0.3) is 0 Å². The van der Waals surface area contributed by atoms with E-state index >= 15 is 0 Å². The highest BCUT2D eigenvalue weighted by molar-refractivity contribution is 5.82. The molecule has 5 rings (SSSR count). The van der Waals surface area contributed by atoms with Crippen molar-refractivity contribution in [2.24, 2.45) is 0 Å². The van der Waals surface area contributed by atoms with Crippen LogP contribution in [0.4, 0.5) is 0 Å². The first kappa shape index (κ1) is 16.0. The number of ether oxygens (including phenoxy) is 1. The molecule has 7 nitrogen and oxygen atoms in total. The first-order valence-electron chi connectivity index (χ1n) is 8.93. The maximum atomic E-state index is 12.6. The molecule has 4 aromatic rings. The van der Waals surface area contributed by atoms with Gasteiger partial charge >= 0.3 is 5.63 Å². The lowest BCUT2D eigenvalue weighted by Crippen LogP contribution is -2.19. The Hall–Kier alpha value is -3.19. The van der Waals surface area contributed by atoms with E-state index in [1.807, 2.05) is 41.9 Å². The van der Waals surface area contributed by atoms with Crippen LogP contribution in [0.2, 0.25) is 0 Å². The molecule has 0 amide bonds. The summed E-state index contributed by atoms with van der Waals surface area (Å²) in [4.78, 5) is 21.3. The standard InChI is InChI=1S/C20H18N4O3/c1-12-10-24-11-17(23-19(24)9-22-12)16-6-13-2-3-14(7-18(13)27-20(16)25)26-15-4-5-21-8-15/h2-3,6-7,9-11,15,21H,4-5,8H2,1H3/t15-/m1/s1. The zero-order valence-corrected chi connectivity index (χ0v) is 14.8. The number of rotatable bonds is 3. The molecule has 1 aliphatic rings. The molecular weight excluding hydrogens is 344 g/mol. The van der Waals surface area contributed by atoms with Gasteiger partial charge in [-0.05, 0) is 38.1 Å². The van der Waals surface area contributed by atoms with Crippen LogP contribution in [-0.4, -0.2) is 33.6 Å². The van der Waals surface area contributed by atoms with Crippen LogP contribution in [0.15, 0.2) is 52.1 Å². The summed E-state index contributed by atoms with van der Waals surface area (Å²) in [5.74, 6) is 0.710. The predicted octanol–water partition coefficient (Wildman–Crippen LogP) is 2.55. The van der Waals surface area contributed by atoms with E-state index in [2.05, 4.69) is 15.3 Å². The normalized spacial score (nSPS) is 17.0. The monoisotopic (exact) mass is 362 g/mol. The Labute approximate surface area is 154 Å². The van der Waals surface area contributed by atoms with Crippen molar-refractivity contribution in [1.82, 2.24) is 19.7 Å². The third kappa shape index (κ3) is 2.96. The maximum Gasteiger partial charge on any atom is 0.345 e. The second-order valence-electron chi connectivity index (χ2n) is 6.80. The van der Waals surface area contributed by atoms with E-state index in [0.29, 0.717) is 28.2 Å². The van der Waals surface area contributed by atoms with E-state index in [1.54, 1.807) is 12.3 Å². The van der Waals surface area contributed by atoms with Gasteiger partial charge in [0.1, 0.15) is 17.4 Å². The Bertz CT molecular complexity index is 1210. The van der Waals surface area contributed by atoms with Crippen molar-refractivity contribution >= 4 is 16.6 Å². The fraction of sp³-hybridized carbons (Fsp3) is 0.250. The number of imidazole rings is 1. The highest BCUT2D eigenvalue weighted by atomic mass is 16.5. The van der Waals surface area contributed by atoms with Crippen LogP contribution in [0, 0.1) is 6.92 Å². The van der Waals surface area contributed by atoms with Crippen LogP contribution in [0.5, 0.6) is 5.75 Å². The largest absolute Gasteiger partial charge is 0.489 e. The molecule has 1 fully saturated rings. The molecule has 1 aromatic carbocycles. The van der Waals surface area contributed by atoms with Gasteiger partial charge in [0, 0.05) is 30.4 Å². The number of nitrogens with zero attached hydrogens (tertiary/aromatic N) is 3. The minimum Gasteiger partial charge on any atom is -0.489 e. The number of aryl methyl sites for hydroxylation is 1. The fourth-order valence-corrected chi connectivity index (χ4v) is 3.40. The van der Waals surface area contributed by atoms with Gasteiger partial charge in [-0.25, -0.2) is 9.78 Å². The Morgan fingerprint density at radius 3 is 3.07 bits per heavy atom. The lowest BCUT2D eigenvalue weighted by atomic mass is 10.1. The first-order valence-corrected chi connectivity index (χ1v) is 8.93. The van der Waals surface area contributed by atoms with E-state index in [4.69, 9.17) is 9.15 Å². The second-order valence-corrected chi connectivity index (χ2v) is 6.80. The minimum absolute atomic E-state index is 0.156. The van der Waals surface area contributed by atoms with Crippen molar-refractivity contribution in [3.8, 4) is 17.0 Å². The van der Waals surface area contributed by atoms with Gasteiger partial charge in [0.15, 0.2) is 5.65 Å². The van der Waals surface area contributed by atoms with Crippen LogP contribution in [0.25, 0.3) is 27.9 Å². The smallest absolute Gasteiger partial charge is 0.345 e. The number of nitrogens with one attached hydrogen (secondary N) is 1. The number of hydrogen-bond donors (Lipinski definition) is 1. The molecule has 0 bridgehead atoms. The molecule has 1 saturated heterocycles. The average Bonchev–Trinajstić information content (AvgIpc) is 3.30. The van der Waals surface area contributed by atoms with E-state index in [-0.39, 0.29) is 6.10 Å². The van der Waals surface area contributed by atoms with Crippen molar-refractivity contribution < 1.29 is 9.15 Å². The molecule has 0 radical (unpaired) electrons. The van der Waals surface area contributed by atoms with Gasteiger partial charge in [-0.1, -0.05) is 0 Å². The van der Waals surface area contributed by atoms with E-state index in [1.165, 1.54) is 0 Å². The first-order chi connectivity index (χ1) is 13.2. The molecule has 7 heteroatoms. The minimum atomic E-state index is -0.421. The quantitative estimate of drug-likeness (QED) is 0.564. The van der Waals surface area contributed by atoms with Gasteiger partial charge in [0.2, 0.25) is 0 Å². The molecular formula is C20H18N4O3. The summed E-state index contributed by atoms with van der Waals surface area (Å²) in [6.45, 7) is 3.71. The molecule has 27 heavy (non-hydrogen) atoms. The number of aromatic nitrogens is 3. The van der Waals surface area contributed by atoms with Crippen LogP contribution < -0.4 is 15.7 Å². The summed E-state index contributed by atoms with van der Waals surface area (Å²) in [5.41, 5.74) is 2.64. The van der Waals surface area contributed by atoms with Crippen molar-refractivity contribution in [3.63, 3.8) is 0 Å². The maximum absolute atomic E-state index is 12.6. The van der Waals surface area contributed by atoms with Gasteiger partial charge in [-0.3, -0.25) is 4.98 Å². The highest BCUT2D eigenvalue weighted by Gasteiger charge is 2.17. The van der Waals surface area contributed by atoms with Gasteiger partial charge < -0.3 is 18.9 Å². The molecule has 0 saturated carbocycles. The molecule has 0 unspecified atom stereocenters. The molecule has 1 N–H and O–H groups in total. The van der Waals surface area contributed by atoms with Crippen LogP contribution >= 0.6 is 0 Å². The number of fused-ring (bicyclic) bond motifs is 2. The fourth-order valence-electron chi connectivity index (χ4n) is 3.40. The molecule has 1 atom stereocenters. The summed E-state index contributed by atoms with van der Waals surface area (Å²) >= 11 is 0. The van der Waals surface area contributed by atoms with Crippen LogP contribution in [0.1, 0.15) is 12.1 Å². The third-order valence-corrected chi connectivity index (χ3v) is 4.77. The molecule has 136 valence electrons. The lowest BCUT2D eigenvalue weighted by Gasteiger charge is -2.12. The number of benzene rings is 1. The number of hydrogen-bond acceptors (Lipinski definition) is 6. The molecule has 1 aliphatic heterocycles. The summed E-state index contributed by atoms with van der Waals surface area (Å²) in [5, 5.41) is 4.09. The topological polar surface area (TPSA) is 81.7 Å². The van der Waals surface area contributed by atoms with Gasteiger partial charge in [0.05, 0.1) is 23.1 Å². The molecule has 0 aliphatic carbocycles. The molecule has 4 heterocycles. The van der Waals surface area contributed by atoms with Crippen molar-refractivity contribution in [2.75, 3.05) is 13.1 Å². The van der Waals surface area contributed by atoms with E-state index < -0.39 is 5.63 Å². The lowest BCUT2D eigenvalue weighted by molar-refractivity contribution is 0.223. The second kappa shape index (κ2) is 6.21. The van der Waals surface area contributed by atoms with Gasteiger partial charge in [-0.15, -0.1) is 0 Å². The van der Waals surface area contributed by atoms with Crippen molar-refractivity contribution in [2.45, 2.75) is 19.4 Å². The molecule has 0 spiro atoms.